The van der Waals surface area contributed by atoms with Gasteiger partial charge >= 0.3 is 11.9 Å². The van der Waals surface area contributed by atoms with Gasteiger partial charge in [0.15, 0.2) is 11.9 Å². The van der Waals surface area contributed by atoms with Gasteiger partial charge in [0.25, 0.3) is 0 Å². The lowest BCUT2D eigenvalue weighted by Crippen LogP contribution is -2.65. The zero-order valence-electron chi connectivity index (χ0n) is 71.5. The molecule has 0 radical (unpaired) electrons. The first-order valence-electron chi connectivity index (χ1n) is 42.0. The van der Waals surface area contributed by atoms with Gasteiger partial charge in [0.2, 0.25) is 76.8 Å². The highest BCUT2D eigenvalue weighted by molar-refractivity contribution is 6.00. The average Bonchev–Trinajstić information content (AvgIpc) is 1.22. The topological polar surface area (TPSA) is 630 Å². The molecule has 1 heterocycles. The SMILES string of the molecule is CCCCC(NC(=O)[C@H](CC(C)C)NC(=O)C(C)(Cc1ccccc1)NC(=O)[C@H](Cc1ccc(O)cc1)NC(=O)COCC(=O)NCCCOCCOCCOCCCNC(=O)CC[C@H](NC(=O)C1CCC(CNC(C)=O)CC1)C(=O)O)C(=O)N[C@@H](CCCN=C(N)N)C(=O)N1CCC[C@H]1C(=O)N[C@@H](CCCNC(N)=NC)C(=O)N[C@@H](CC(N)=O)C(=O)O. The number of carbonyl (C=O) groups is 15. The standard InChI is InChI=1S/C82H131N19O22/c1-7-8-19-58(71(109)96-60(21-13-33-90-80(84)85)76(114)101-37-14-22-65(101)75(113)95-59(20-12-34-91-81(86)87-6)72(110)98-64(78(117)118)46-66(83)104)94-73(111)62(44-51(2)3)99-79(119)82(5,47-54-17-10-9-11-18-54)100-74(112)63(45-53-25-29-57(103)30-26-53)93-69(107)50-123-49-68(106)89-36-16-39-121-41-43-122-42-40-120-38-15-35-88-67(105)32-31-61(77(115)116)97-70(108)56-27-23-55(24-28-56)48-92-52(4)102/h9-11,17-18,25-26,29-30,51,55-56,58-65,103H,7-8,12-16,19-24,27-28,31-50H2,1-6H3,(H2,83,104)(H,88,105)(H,89,106)(H,92,102)(H,93,107)(H,94,111)(H,95,113)(H,96,109)(H,97,108)(H,98,110)(H,99,119)(H,100,112)(H,115,116)(H,117,118)(H4,84,85,90)(H3,86,87,91)/t55?,56?,58?,59-,60-,61-,62-,63-,64-,65-,82?/m0/s1. The van der Waals surface area contributed by atoms with Crippen LogP contribution in [-0.4, -0.2) is 274 Å². The van der Waals surface area contributed by atoms with E-state index in [1.54, 1.807) is 44.2 Å². The molecule has 1 aliphatic carbocycles. The van der Waals surface area contributed by atoms with Gasteiger partial charge < -0.3 is 126 Å². The first kappa shape index (κ1) is 104. The maximum absolute atomic E-state index is 15.2. The van der Waals surface area contributed by atoms with Gasteiger partial charge in [-0.25, -0.2) is 9.59 Å². The Balaban J connectivity index is 1.33. The Morgan fingerprint density at radius 3 is 1.71 bits per heavy atom. The lowest BCUT2D eigenvalue weighted by Gasteiger charge is -2.34. The molecule has 4 rings (SSSR count). The zero-order valence-corrected chi connectivity index (χ0v) is 71.5. The number of unbranched alkanes of at least 4 members (excludes halogenated alkanes) is 1. The Kier molecular flexibility index (Phi) is 48.3. The van der Waals surface area contributed by atoms with Crippen LogP contribution in [-0.2, 0) is 104 Å². The van der Waals surface area contributed by atoms with Gasteiger partial charge in [0.1, 0.15) is 72.8 Å². The molecular formula is C82H131N19O22. The number of carboxylic acid groups (broad SMARTS) is 2. The third-order valence-electron chi connectivity index (χ3n) is 20.3. The van der Waals surface area contributed by atoms with E-state index in [-0.39, 0.29) is 183 Å². The second-order valence-electron chi connectivity index (χ2n) is 31.2. The van der Waals surface area contributed by atoms with Gasteiger partial charge in [-0.05, 0) is 138 Å². The molecular weight excluding hydrogens is 1600 g/mol. The maximum Gasteiger partial charge on any atom is 0.326 e. The van der Waals surface area contributed by atoms with Crippen molar-refractivity contribution >= 4 is 101 Å². The third kappa shape index (κ3) is 41.9. The van der Waals surface area contributed by atoms with Gasteiger partial charge in [0.05, 0.1) is 32.8 Å². The van der Waals surface area contributed by atoms with E-state index in [2.05, 4.69) is 73.8 Å². The predicted octanol–water partition coefficient (Wildman–Crippen LogP) is -2.11. The van der Waals surface area contributed by atoms with E-state index in [0.717, 1.165) is 12.8 Å². The van der Waals surface area contributed by atoms with E-state index in [1.807, 2.05) is 6.92 Å². The monoisotopic (exact) mass is 1730 g/mol. The van der Waals surface area contributed by atoms with Crippen molar-refractivity contribution in [2.75, 3.05) is 99.2 Å². The first-order chi connectivity index (χ1) is 58.6. The molecule has 41 heteroatoms. The maximum atomic E-state index is 15.2. The molecule has 2 aliphatic rings. The summed E-state index contributed by atoms with van der Waals surface area (Å²) in [4.78, 5) is 210. The van der Waals surface area contributed by atoms with Crippen LogP contribution in [0.4, 0.5) is 0 Å². The van der Waals surface area contributed by atoms with Crippen LogP contribution in [0.2, 0.25) is 0 Å². The molecule has 1 aliphatic heterocycles. The van der Waals surface area contributed by atoms with Crippen LogP contribution in [0.15, 0.2) is 64.6 Å². The summed E-state index contributed by atoms with van der Waals surface area (Å²) in [5.41, 5.74) is 21.5. The van der Waals surface area contributed by atoms with E-state index in [0.29, 0.717) is 75.8 Å². The lowest BCUT2D eigenvalue weighted by molar-refractivity contribution is -0.144. The number of aliphatic carboxylic acids is 2. The van der Waals surface area contributed by atoms with E-state index in [4.69, 9.17) is 41.9 Å². The molecule has 0 aromatic heterocycles. The Hall–Kier alpha value is -11.3. The highest BCUT2D eigenvalue weighted by Crippen LogP contribution is 2.29. The number of primary amides is 1. The number of aliphatic imine (C=N–C) groups is 2. The largest absolute Gasteiger partial charge is 0.508 e. The molecule has 0 spiro atoms. The van der Waals surface area contributed by atoms with Crippen LogP contribution in [0.3, 0.4) is 0 Å². The molecule has 123 heavy (non-hydrogen) atoms. The highest BCUT2D eigenvalue weighted by Gasteiger charge is 2.43. The van der Waals surface area contributed by atoms with Crippen LogP contribution >= 0.6 is 0 Å². The molecule has 1 saturated carbocycles. The number of phenols is 1. The number of hydrogen-bond acceptors (Lipinski definition) is 22. The summed E-state index contributed by atoms with van der Waals surface area (Å²) < 4.78 is 22.2. The summed E-state index contributed by atoms with van der Waals surface area (Å²) in [6.45, 7) is 10.1. The minimum atomic E-state index is -1.89. The molecule has 2 unspecified atom stereocenters. The number of amides is 13. The minimum Gasteiger partial charge on any atom is -0.508 e. The van der Waals surface area contributed by atoms with Crippen LogP contribution in [0.25, 0.3) is 0 Å². The van der Waals surface area contributed by atoms with Crippen molar-refractivity contribution in [2.24, 2.45) is 50.7 Å². The van der Waals surface area contributed by atoms with E-state index in [9.17, 15) is 82.4 Å². The number of nitrogens with two attached hydrogens (primary N) is 4. The van der Waals surface area contributed by atoms with Crippen molar-refractivity contribution in [1.82, 2.24) is 68.7 Å². The van der Waals surface area contributed by atoms with Crippen molar-refractivity contribution in [1.29, 1.82) is 0 Å². The van der Waals surface area contributed by atoms with Crippen LogP contribution < -0.4 is 86.7 Å². The van der Waals surface area contributed by atoms with Crippen molar-refractivity contribution in [2.45, 2.75) is 223 Å². The number of phenolic OH excluding ortho intramolecular Hbond substituents is 1. The highest BCUT2D eigenvalue weighted by atomic mass is 16.5. The minimum absolute atomic E-state index is 0.0107. The fourth-order valence-corrected chi connectivity index (χ4v) is 13.6. The molecule has 1 saturated heterocycles. The number of nitrogens with one attached hydrogen (secondary N) is 12. The molecule has 9 atom stereocenters. The molecule has 0 bridgehead atoms. The van der Waals surface area contributed by atoms with Crippen LogP contribution in [0, 0.1) is 17.8 Å². The van der Waals surface area contributed by atoms with Gasteiger partial charge in [-0.3, -0.25) is 72.3 Å². The number of benzene rings is 2. The van der Waals surface area contributed by atoms with Crippen molar-refractivity contribution < 1.29 is 106 Å². The number of rotatable bonds is 60. The number of carboxylic acids is 2. The third-order valence-corrected chi connectivity index (χ3v) is 20.3. The second-order valence-corrected chi connectivity index (χ2v) is 31.2. The Morgan fingerprint density at radius 2 is 1.11 bits per heavy atom. The first-order valence-corrected chi connectivity index (χ1v) is 42.0. The van der Waals surface area contributed by atoms with Crippen molar-refractivity contribution in [3.05, 3.63) is 65.7 Å². The van der Waals surface area contributed by atoms with Crippen LogP contribution in [0.5, 0.6) is 5.75 Å². The Bertz CT molecular complexity index is 3790. The molecule has 41 nitrogen and oxygen atoms in total. The fourth-order valence-electron chi connectivity index (χ4n) is 13.6. The number of nitrogens with zero attached hydrogens (tertiary/aromatic N) is 3. The number of hydrogen-bond donors (Lipinski definition) is 19. The summed E-state index contributed by atoms with van der Waals surface area (Å²) in [6.07, 6.45) is 3.92. The number of likely N-dealkylation sites (tertiary alicyclic amines) is 1. The van der Waals surface area contributed by atoms with Gasteiger partial charge in [-0.2, -0.15) is 0 Å². The number of carbonyl (C=O) groups excluding carboxylic acids is 13. The normalized spacial score (nSPS) is 16.6. The second kappa shape index (κ2) is 57.1. The number of ether oxygens (including phenoxy) is 4. The smallest absolute Gasteiger partial charge is 0.326 e. The molecule has 2 fully saturated rings. The summed E-state index contributed by atoms with van der Waals surface area (Å²) in [5.74, 6) is -12.3. The predicted molar refractivity (Wildman–Crippen MR) is 451 cm³/mol. The molecule has 13 amide bonds. The van der Waals surface area contributed by atoms with E-state index < -0.39 is 145 Å². The van der Waals surface area contributed by atoms with Gasteiger partial charge in [0, 0.05) is 91.6 Å². The molecule has 686 valence electrons. The summed E-state index contributed by atoms with van der Waals surface area (Å²) in [6, 6.07) is 3.49. The quantitative estimate of drug-likeness (QED) is 0.0191. The van der Waals surface area contributed by atoms with E-state index in [1.165, 1.54) is 50.1 Å². The number of guanidine groups is 2. The molecule has 23 N–H and O–H groups in total. The molecule has 2 aromatic rings. The summed E-state index contributed by atoms with van der Waals surface area (Å²) in [5, 5.41) is 62.1. The van der Waals surface area contributed by atoms with Crippen molar-refractivity contribution in [3.8, 4) is 5.75 Å². The summed E-state index contributed by atoms with van der Waals surface area (Å²) >= 11 is 0. The van der Waals surface area contributed by atoms with E-state index >= 15 is 4.79 Å². The van der Waals surface area contributed by atoms with Gasteiger partial charge in [-0.15, -0.1) is 0 Å². The summed E-state index contributed by atoms with van der Waals surface area (Å²) in [7, 11) is 1.45. The molecule has 2 aromatic carbocycles. The average molecular weight is 1740 g/mol. The van der Waals surface area contributed by atoms with Crippen LogP contribution in [0.1, 0.15) is 168 Å². The Morgan fingerprint density at radius 1 is 0.553 bits per heavy atom. The van der Waals surface area contributed by atoms with Crippen molar-refractivity contribution in [3.63, 3.8) is 0 Å². The lowest BCUT2D eigenvalue weighted by atomic mass is 9.81. The van der Waals surface area contributed by atoms with Gasteiger partial charge in [-0.1, -0.05) is 76.1 Å². The number of aromatic hydroxyl groups is 1. The zero-order chi connectivity index (χ0) is 90.8. The fraction of sp³-hybridized carbons (Fsp3) is 0.646. The Labute approximate surface area is 717 Å².